The topological polar surface area (TPSA) is 21.3 Å². The molecule has 1 unspecified atom stereocenters. The molecule has 1 atom stereocenters. The number of ether oxygens (including phenoxy) is 1. The van der Waals surface area contributed by atoms with E-state index in [0.29, 0.717) is 11.6 Å². The minimum absolute atomic E-state index is 0.115. The van der Waals surface area contributed by atoms with Gasteiger partial charge in [0.05, 0.1) is 11.6 Å². The van der Waals surface area contributed by atoms with E-state index in [1.165, 1.54) is 12.1 Å². The molecule has 0 bridgehead atoms. The third-order valence-corrected chi connectivity index (χ3v) is 4.37. The fourth-order valence-electron chi connectivity index (χ4n) is 2.84. The highest BCUT2D eigenvalue weighted by atomic mass is 35.5. The van der Waals surface area contributed by atoms with Crippen LogP contribution in [0.1, 0.15) is 58.6 Å². The minimum atomic E-state index is -0.374. The van der Waals surface area contributed by atoms with E-state index in [2.05, 4.69) is 26.1 Å². The first kappa shape index (κ1) is 18.4. The standard InChI is InChI=1S/C17H27ClFNO/c1-5-11-20-16(17(6-2,7-3)21-8-4)14-12-13(19)9-10-15(14)18/h9-10,12,16,20H,5-8,11H2,1-4H3. The number of halogens is 2. The van der Waals surface area contributed by atoms with Gasteiger partial charge in [0, 0.05) is 11.6 Å². The first-order chi connectivity index (χ1) is 10.0. The Bertz CT molecular complexity index is 435. The number of hydrogen-bond donors (Lipinski definition) is 1. The lowest BCUT2D eigenvalue weighted by Crippen LogP contribution is -2.46. The molecule has 2 nitrogen and oxygen atoms in total. The summed E-state index contributed by atoms with van der Waals surface area (Å²) in [7, 11) is 0. The molecule has 0 aromatic heterocycles. The van der Waals surface area contributed by atoms with Crippen LogP contribution >= 0.6 is 11.6 Å². The second-order valence-corrected chi connectivity index (χ2v) is 5.67. The summed E-state index contributed by atoms with van der Waals surface area (Å²) in [6.45, 7) is 9.77. The predicted octanol–water partition coefficient (Wildman–Crippen LogP) is 5.12. The molecule has 1 N–H and O–H groups in total. The van der Waals surface area contributed by atoms with E-state index in [1.807, 2.05) is 6.92 Å². The van der Waals surface area contributed by atoms with Crippen molar-refractivity contribution in [2.75, 3.05) is 13.2 Å². The van der Waals surface area contributed by atoms with Crippen LogP contribution in [0, 0.1) is 5.82 Å². The van der Waals surface area contributed by atoms with Crippen LogP contribution in [0.15, 0.2) is 18.2 Å². The Morgan fingerprint density at radius 1 is 1.24 bits per heavy atom. The largest absolute Gasteiger partial charge is 0.373 e. The summed E-state index contributed by atoms with van der Waals surface area (Å²) in [6, 6.07) is 4.42. The monoisotopic (exact) mass is 315 g/mol. The zero-order valence-electron chi connectivity index (χ0n) is 13.5. The molecule has 0 spiro atoms. The fraction of sp³-hybridized carbons (Fsp3) is 0.647. The Balaban J connectivity index is 3.28. The van der Waals surface area contributed by atoms with Gasteiger partial charge in [-0.25, -0.2) is 4.39 Å². The van der Waals surface area contributed by atoms with Crippen molar-refractivity contribution in [3.63, 3.8) is 0 Å². The first-order valence-corrected chi connectivity index (χ1v) is 8.24. The van der Waals surface area contributed by atoms with Crippen molar-refractivity contribution in [3.05, 3.63) is 34.6 Å². The molecule has 0 fully saturated rings. The van der Waals surface area contributed by atoms with Gasteiger partial charge in [0.25, 0.3) is 0 Å². The molecule has 21 heavy (non-hydrogen) atoms. The zero-order chi connectivity index (χ0) is 15.9. The lowest BCUT2D eigenvalue weighted by atomic mass is 9.83. The average molecular weight is 316 g/mol. The van der Waals surface area contributed by atoms with Gasteiger partial charge in [-0.1, -0.05) is 32.4 Å². The summed E-state index contributed by atoms with van der Waals surface area (Å²) in [6.07, 6.45) is 2.68. The summed E-state index contributed by atoms with van der Waals surface area (Å²) in [5.41, 5.74) is 0.406. The van der Waals surface area contributed by atoms with Crippen molar-refractivity contribution < 1.29 is 9.13 Å². The van der Waals surface area contributed by atoms with E-state index in [1.54, 1.807) is 6.07 Å². The third kappa shape index (κ3) is 4.41. The SMILES string of the molecule is CCCNC(c1cc(F)ccc1Cl)C(CC)(CC)OCC. The predicted molar refractivity (Wildman–Crippen MR) is 87.4 cm³/mol. The van der Waals surface area contributed by atoms with Crippen LogP contribution in [0.3, 0.4) is 0 Å². The minimum Gasteiger partial charge on any atom is -0.373 e. The van der Waals surface area contributed by atoms with Gasteiger partial charge < -0.3 is 10.1 Å². The van der Waals surface area contributed by atoms with Crippen LogP contribution in [0.5, 0.6) is 0 Å². The van der Waals surface area contributed by atoms with E-state index in [4.69, 9.17) is 16.3 Å². The maximum Gasteiger partial charge on any atom is 0.123 e. The van der Waals surface area contributed by atoms with Crippen molar-refractivity contribution in [2.24, 2.45) is 0 Å². The summed E-state index contributed by atoms with van der Waals surface area (Å²) in [5, 5.41) is 4.08. The van der Waals surface area contributed by atoms with Gasteiger partial charge in [-0.3, -0.25) is 0 Å². The normalized spacial score (nSPS) is 13.4. The number of benzene rings is 1. The molecule has 0 heterocycles. The Morgan fingerprint density at radius 2 is 1.90 bits per heavy atom. The van der Waals surface area contributed by atoms with Crippen molar-refractivity contribution in [1.82, 2.24) is 5.32 Å². The maximum atomic E-state index is 13.7. The molecule has 0 saturated carbocycles. The van der Waals surface area contributed by atoms with Crippen LogP contribution in [-0.2, 0) is 4.74 Å². The van der Waals surface area contributed by atoms with E-state index >= 15 is 0 Å². The zero-order valence-corrected chi connectivity index (χ0v) is 14.3. The van der Waals surface area contributed by atoms with E-state index in [0.717, 1.165) is 31.4 Å². The van der Waals surface area contributed by atoms with Crippen molar-refractivity contribution >= 4 is 11.6 Å². The molecule has 1 rings (SSSR count). The van der Waals surface area contributed by atoms with E-state index < -0.39 is 0 Å². The highest BCUT2D eigenvalue weighted by Gasteiger charge is 2.38. The molecule has 1 aromatic rings. The molecule has 120 valence electrons. The van der Waals surface area contributed by atoms with Crippen molar-refractivity contribution in [1.29, 1.82) is 0 Å². The lowest BCUT2D eigenvalue weighted by molar-refractivity contribution is -0.0733. The molecule has 0 aliphatic rings. The maximum absolute atomic E-state index is 13.7. The van der Waals surface area contributed by atoms with Crippen molar-refractivity contribution in [3.8, 4) is 0 Å². The highest BCUT2D eigenvalue weighted by Crippen LogP contribution is 2.38. The lowest BCUT2D eigenvalue weighted by Gasteiger charge is -2.40. The summed E-state index contributed by atoms with van der Waals surface area (Å²) in [5.74, 6) is -0.268. The molecule has 0 aliphatic carbocycles. The first-order valence-electron chi connectivity index (χ1n) is 7.86. The number of nitrogens with one attached hydrogen (secondary N) is 1. The quantitative estimate of drug-likeness (QED) is 0.683. The molecule has 0 aliphatic heterocycles. The molecular formula is C17H27ClFNO. The fourth-order valence-corrected chi connectivity index (χ4v) is 3.06. The van der Waals surface area contributed by atoms with Gasteiger partial charge in [-0.05, 0) is 56.5 Å². The summed E-state index contributed by atoms with van der Waals surface area (Å²) < 4.78 is 19.8. The average Bonchev–Trinajstić information content (AvgIpc) is 2.49. The molecular weight excluding hydrogens is 289 g/mol. The second-order valence-electron chi connectivity index (χ2n) is 5.26. The van der Waals surface area contributed by atoms with E-state index in [-0.39, 0.29) is 17.5 Å². The molecule has 0 amide bonds. The van der Waals surface area contributed by atoms with Gasteiger partial charge in [-0.15, -0.1) is 0 Å². The molecule has 0 radical (unpaired) electrons. The summed E-state index contributed by atoms with van der Waals surface area (Å²) in [4.78, 5) is 0. The number of hydrogen-bond acceptors (Lipinski definition) is 2. The van der Waals surface area contributed by atoms with Crippen LogP contribution in [-0.4, -0.2) is 18.8 Å². The van der Waals surface area contributed by atoms with Gasteiger partial charge >= 0.3 is 0 Å². The van der Waals surface area contributed by atoms with Crippen molar-refractivity contribution in [2.45, 2.75) is 58.6 Å². The molecule has 4 heteroatoms. The van der Waals surface area contributed by atoms with Gasteiger partial charge in [0.1, 0.15) is 5.82 Å². The number of rotatable bonds is 9. The van der Waals surface area contributed by atoms with Crippen LogP contribution in [0.25, 0.3) is 0 Å². The van der Waals surface area contributed by atoms with Gasteiger partial charge in [0.2, 0.25) is 0 Å². The Labute approximate surface area is 133 Å². The van der Waals surface area contributed by atoms with Crippen LogP contribution < -0.4 is 5.32 Å². The summed E-state index contributed by atoms with van der Waals surface area (Å²) >= 11 is 6.33. The van der Waals surface area contributed by atoms with E-state index in [9.17, 15) is 4.39 Å². The second kappa shape index (κ2) is 8.72. The highest BCUT2D eigenvalue weighted by molar-refractivity contribution is 6.31. The third-order valence-electron chi connectivity index (χ3n) is 4.02. The Hall–Kier alpha value is -0.640. The molecule has 0 saturated heterocycles. The van der Waals surface area contributed by atoms with Gasteiger partial charge in [0.15, 0.2) is 0 Å². The molecule has 1 aromatic carbocycles. The van der Waals surface area contributed by atoms with Crippen LogP contribution in [0.2, 0.25) is 5.02 Å². The Morgan fingerprint density at radius 3 is 2.43 bits per heavy atom. The smallest absolute Gasteiger partial charge is 0.123 e. The van der Waals surface area contributed by atoms with Crippen LogP contribution in [0.4, 0.5) is 4.39 Å². The Kier molecular flexibility index (Phi) is 7.64. The van der Waals surface area contributed by atoms with Gasteiger partial charge in [-0.2, -0.15) is 0 Å².